The number of allylic oxidation sites excluding steroid dienone is 3. The van der Waals surface area contributed by atoms with Gasteiger partial charge in [0.25, 0.3) is 0 Å². The van der Waals surface area contributed by atoms with Crippen molar-refractivity contribution in [1.82, 2.24) is 0 Å². The average molecular weight is 370 g/mol. The van der Waals surface area contributed by atoms with Gasteiger partial charge in [0.15, 0.2) is 17.3 Å². The normalized spacial score (nSPS) is 12.1. The predicted molar refractivity (Wildman–Crippen MR) is 96.5 cm³/mol. The molecule has 6 heteroatoms. The molecule has 0 heterocycles. The van der Waals surface area contributed by atoms with Gasteiger partial charge in [-0.1, -0.05) is 31.9 Å². The van der Waals surface area contributed by atoms with Gasteiger partial charge in [-0.3, -0.25) is 4.79 Å². The standard InChI is InChI=1S/C20H25F3O3/c1-4-6-7-8-9-10-16(24)12-11-15-13-17(20(21,22)23)19(25-3)18(14-15)26-5-2/h9-14H,4-8H2,1-3H3/b10-9+,12-11+. The molecule has 0 saturated carbocycles. The van der Waals surface area contributed by atoms with Crippen LogP contribution in [0.3, 0.4) is 0 Å². The van der Waals surface area contributed by atoms with Crippen molar-refractivity contribution in [3.63, 3.8) is 0 Å². The maximum Gasteiger partial charge on any atom is 0.420 e. The number of ether oxygens (including phenoxy) is 2. The van der Waals surface area contributed by atoms with Crippen LogP contribution in [0.2, 0.25) is 0 Å². The molecule has 0 saturated heterocycles. The third-order valence-corrected chi connectivity index (χ3v) is 3.58. The molecule has 0 radical (unpaired) electrons. The third kappa shape index (κ3) is 6.94. The number of alkyl halides is 3. The first kappa shape index (κ1) is 21.8. The maximum atomic E-state index is 13.3. The van der Waals surface area contributed by atoms with E-state index in [2.05, 4.69) is 6.92 Å². The highest BCUT2D eigenvalue weighted by Gasteiger charge is 2.36. The predicted octanol–water partition coefficient (Wildman–Crippen LogP) is 5.83. The number of carbonyl (C=O) groups is 1. The van der Waals surface area contributed by atoms with E-state index in [0.717, 1.165) is 38.9 Å². The molecule has 0 bridgehead atoms. The van der Waals surface area contributed by atoms with Crippen molar-refractivity contribution in [2.24, 2.45) is 0 Å². The average Bonchev–Trinajstić information content (AvgIpc) is 2.59. The van der Waals surface area contributed by atoms with E-state index in [9.17, 15) is 18.0 Å². The number of unbranched alkanes of at least 4 members (excludes halogenated alkanes) is 3. The van der Waals surface area contributed by atoms with Gasteiger partial charge in [0.1, 0.15) is 5.56 Å². The Hall–Kier alpha value is -2.24. The van der Waals surface area contributed by atoms with E-state index in [1.807, 2.05) is 0 Å². The Labute approximate surface area is 152 Å². The minimum atomic E-state index is -4.59. The third-order valence-electron chi connectivity index (χ3n) is 3.58. The second-order valence-corrected chi connectivity index (χ2v) is 5.66. The van der Waals surface area contributed by atoms with E-state index < -0.39 is 11.7 Å². The van der Waals surface area contributed by atoms with Gasteiger partial charge in [-0.15, -0.1) is 0 Å². The minimum Gasteiger partial charge on any atom is -0.492 e. The second-order valence-electron chi connectivity index (χ2n) is 5.66. The van der Waals surface area contributed by atoms with Crippen molar-refractivity contribution in [2.45, 2.75) is 45.7 Å². The zero-order valence-corrected chi connectivity index (χ0v) is 15.4. The first-order chi connectivity index (χ1) is 12.3. The number of hydrogen-bond acceptors (Lipinski definition) is 3. The lowest BCUT2D eigenvalue weighted by atomic mass is 10.1. The number of hydrogen-bond donors (Lipinski definition) is 0. The van der Waals surface area contributed by atoms with Crippen molar-refractivity contribution in [2.75, 3.05) is 13.7 Å². The van der Waals surface area contributed by atoms with Crippen LogP contribution in [-0.2, 0) is 11.0 Å². The zero-order chi connectivity index (χ0) is 19.6. The van der Waals surface area contributed by atoms with Crippen molar-refractivity contribution < 1.29 is 27.4 Å². The fourth-order valence-electron chi connectivity index (χ4n) is 2.35. The molecule has 0 aliphatic carbocycles. The number of methoxy groups -OCH3 is 1. The number of halogens is 3. The highest BCUT2D eigenvalue weighted by Crippen LogP contribution is 2.42. The van der Waals surface area contributed by atoms with Crippen LogP contribution in [0.5, 0.6) is 11.5 Å². The molecular formula is C20H25F3O3. The first-order valence-corrected chi connectivity index (χ1v) is 8.64. The van der Waals surface area contributed by atoms with Gasteiger partial charge in [0, 0.05) is 0 Å². The van der Waals surface area contributed by atoms with E-state index in [1.54, 1.807) is 13.0 Å². The largest absolute Gasteiger partial charge is 0.492 e. The second kappa shape index (κ2) is 10.7. The van der Waals surface area contributed by atoms with Crippen molar-refractivity contribution >= 4 is 11.9 Å². The molecular weight excluding hydrogens is 345 g/mol. The highest BCUT2D eigenvalue weighted by molar-refractivity contribution is 6.02. The molecule has 0 atom stereocenters. The molecule has 0 amide bonds. The molecule has 26 heavy (non-hydrogen) atoms. The SMILES string of the molecule is CCCCC/C=C/C(=O)/C=C/c1cc(OCC)c(OC)c(C(F)(F)F)c1. The monoisotopic (exact) mass is 370 g/mol. The van der Waals surface area contributed by atoms with Gasteiger partial charge in [0.2, 0.25) is 0 Å². The van der Waals surface area contributed by atoms with E-state index in [4.69, 9.17) is 9.47 Å². The van der Waals surface area contributed by atoms with Gasteiger partial charge < -0.3 is 9.47 Å². The smallest absolute Gasteiger partial charge is 0.420 e. The van der Waals surface area contributed by atoms with E-state index >= 15 is 0 Å². The Morgan fingerprint density at radius 1 is 1.15 bits per heavy atom. The van der Waals surface area contributed by atoms with Gasteiger partial charge in [-0.05, 0) is 49.6 Å². The molecule has 1 aromatic carbocycles. The molecule has 1 aromatic rings. The Morgan fingerprint density at radius 3 is 2.46 bits per heavy atom. The van der Waals surface area contributed by atoms with Crippen LogP contribution in [0.1, 0.15) is 50.7 Å². The minimum absolute atomic E-state index is 0.00738. The van der Waals surface area contributed by atoms with Gasteiger partial charge in [0.05, 0.1) is 13.7 Å². The quantitative estimate of drug-likeness (QED) is 0.384. The highest BCUT2D eigenvalue weighted by atomic mass is 19.4. The Kier molecular flexibility index (Phi) is 8.96. The first-order valence-electron chi connectivity index (χ1n) is 8.64. The summed E-state index contributed by atoms with van der Waals surface area (Å²) in [5.74, 6) is -0.644. The van der Waals surface area contributed by atoms with Crippen molar-refractivity contribution in [3.05, 3.63) is 41.5 Å². The van der Waals surface area contributed by atoms with Crippen LogP contribution >= 0.6 is 0 Å². The van der Waals surface area contributed by atoms with E-state index in [1.165, 1.54) is 24.3 Å². The molecule has 3 nitrogen and oxygen atoms in total. The fraction of sp³-hybridized carbons (Fsp3) is 0.450. The lowest BCUT2D eigenvalue weighted by molar-refractivity contribution is -0.138. The molecule has 0 N–H and O–H groups in total. The van der Waals surface area contributed by atoms with Crippen LogP contribution in [0.25, 0.3) is 6.08 Å². The molecule has 144 valence electrons. The fourth-order valence-corrected chi connectivity index (χ4v) is 2.35. The Balaban J connectivity index is 3.01. The molecule has 0 fully saturated rings. The van der Waals surface area contributed by atoms with Crippen LogP contribution in [0.15, 0.2) is 30.4 Å². The van der Waals surface area contributed by atoms with Crippen molar-refractivity contribution in [3.8, 4) is 11.5 Å². The summed E-state index contributed by atoms with van der Waals surface area (Å²) in [6.45, 7) is 3.96. The molecule has 0 aliphatic heterocycles. The van der Waals surface area contributed by atoms with Crippen LogP contribution in [-0.4, -0.2) is 19.5 Å². The maximum absolute atomic E-state index is 13.3. The Morgan fingerprint density at radius 2 is 1.88 bits per heavy atom. The summed E-state index contributed by atoms with van der Waals surface area (Å²) in [6, 6.07) is 2.36. The summed E-state index contributed by atoms with van der Waals surface area (Å²) in [4.78, 5) is 11.8. The lowest BCUT2D eigenvalue weighted by Crippen LogP contribution is -2.09. The van der Waals surface area contributed by atoms with Crippen LogP contribution in [0, 0.1) is 0 Å². The number of carbonyl (C=O) groups excluding carboxylic acids is 1. The summed E-state index contributed by atoms with van der Waals surface area (Å²) < 4.78 is 49.9. The van der Waals surface area contributed by atoms with Gasteiger partial charge in [-0.2, -0.15) is 13.2 Å². The van der Waals surface area contributed by atoms with Gasteiger partial charge >= 0.3 is 6.18 Å². The molecule has 0 spiro atoms. The molecule has 1 rings (SSSR count). The molecule has 0 aromatic heterocycles. The Bertz CT molecular complexity index is 646. The number of rotatable bonds is 10. The van der Waals surface area contributed by atoms with E-state index in [0.29, 0.717) is 0 Å². The summed E-state index contributed by atoms with van der Waals surface area (Å²) in [7, 11) is 1.16. The van der Waals surface area contributed by atoms with E-state index in [-0.39, 0.29) is 29.5 Å². The van der Waals surface area contributed by atoms with Crippen LogP contribution < -0.4 is 9.47 Å². The topological polar surface area (TPSA) is 35.5 Å². The number of ketones is 1. The number of benzene rings is 1. The summed E-state index contributed by atoms with van der Waals surface area (Å²) in [5, 5.41) is 0. The summed E-state index contributed by atoms with van der Waals surface area (Å²) in [6.07, 6.45) is 5.22. The summed E-state index contributed by atoms with van der Waals surface area (Å²) in [5.41, 5.74) is -0.720. The summed E-state index contributed by atoms with van der Waals surface area (Å²) >= 11 is 0. The van der Waals surface area contributed by atoms with Crippen molar-refractivity contribution in [1.29, 1.82) is 0 Å². The van der Waals surface area contributed by atoms with Crippen LogP contribution in [0.4, 0.5) is 13.2 Å². The zero-order valence-electron chi connectivity index (χ0n) is 15.4. The lowest BCUT2D eigenvalue weighted by Gasteiger charge is -2.16. The molecule has 0 unspecified atom stereocenters. The molecule has 0 aliphatic rings. The van der Waals surface area contributed by atoms with Gasteiger partial charge in [-0.25, -0.2) is 0 Å².